The zero-order valence-electron chi connectivity index (χ0n) is 42.0. The van der Waals surface area contributed by atoms with E-state index < -0.39 is 0 Å². The molecule has 0 spiro atoms. The number of nitrogens with zero attached hydrogens (tertiary/aromatic N) is 4. The Bertz CT molecular complexity index is 3240. The number of hydrogen-bond donors (Lipinski definition) is 0. The Labute approximate surface area is 412 Å². The van der Waals surface area contributed by atoms with Crippen molar-refractivity contribution in [3.05, 3.63) is 161 Å². The topological polar surface area (TPSA) is 67.6 Å². The molecule has 1 radical (unpaired) electrons. The van der Waals surface area contributed by atoms with Gasteiger partial charge in [0.15, 0.2) is 0 Å². The molecule has 4 heterocycles. The molecule has 0 saturated heterocycles. The summed E-state index contributed by atoms with van der Waals surface area (Å²) in [6.07, 6.45) is 3.78. The molecule has 345 valence electrons. The second-order valence-corrected chi connectivity index (χ2v) is 23.0. The van der Waals surface area contributed by atoms with Gasteiger partial charge in [0.25, 0.3) is 0 Å². The van der Waals surface area contributed by atoms with Crippen LogP contribution in [0.3, 0.4) is 0 Å². The van der Waals surface area contributed by atoms with Crippen molar-refractivity contribution in [1.29, 1.82) is 5.26 Å². The van der Waals surface area contributed by atoms with E-state index in [0.29, 0.717) is 11.1 Å². The van der Waals surface area contributed by atoms with Gasteiger partial charge >= 0.3 is 0 Å². The molecular formula is C61H64IrN4O-2. The van der Waals surface area contributed by atoms with Crippen LogP contribution in [0.5, 0.6) is 0 Å². The second kappa shape index (κ2) is 17.7. The monoisotopic (exact) mass is 1060 g/mol. The molecule has 4 aromatic heterocycles. The van der Waals surface area contributed by atoms with Gasteiger partial charge in [-0.25, -0.2) is 0 Å². The number of furan rings is 1. The summed E-state index contributed by atoms with van der Waals surface area (Å²) >= 11 is 0. The van der Waals surface area contributed by atoms with E-state index in [-0.39, 0.29) is 47.2 Å². The molecule has 9 aromatic rings. The van der Waals surface area contributed by atoms with Gasteiger partial charge in [-0.2, -0.15) is 5.26 Å². The molecule has 5 aromatic carbocycles. The van der Waals surface area contributed by atoms with Crippen LogP contribution < -0.4 is 0 Å². The van der Waals surface area contributed by atoms with Gasteiger partial charge in [0.05, 0.1) is 22.2 Å². The fraction of sp³-hybridized carbons (Fsp3) is 0.328. The van der Waals surface area contributed by atoms with Gasteiger partial charge in [0.2, 0.25) is 0 Å². The Morgan fingerprint density at radius 1 is 0.552 bits per heavy atom. The summed E-state index contributed by atoms with van der Waals surface area (Å²) < 4.78 is 9.30. The summed E-state index contributed by atoms with van der Waals surface area (Å²) in [5.74, 6) is 0. The molecule has 0 unspecified atom stereocenters. The third kappa shape index (κ3) is 9.52. The van der Waals surface area contributed by atoms with Crippen molar-refractivity contribution in [3.63, 3.8) is 0 Å². The zero-order chi connectivity index (χ0) is 47.7. The minimum Gasteiger partial charge on any atom is -0.498 e. The molecule has 0 atom stereocenters. The fourth-order valence-corrected chi connectivity index (χ4v) is 8.75. The van der Waals surface area contributed by atoms with Crippen LogP contribution in [0.2, 0.25) is 0 Å². The average molecular weight is 1060 g/mol. The Kier molecular flexibility index (Phi) is 12.9. The number of rotatable bonds is 3. The normalized spacial score (nSPS) is 12.6. The minimum absolute atomic E-state index is 0. The molecule has 0 saturated carbocycles. The molecule has 67 heavy (non-hydrogen) atoms. The number of pyridine rings is 2. The maximum Gasteiger partial charge on any atom is 0.146 e. The molecule has 0 N–H and O–H groups in total. The number of aromatic nitrogens is 3. The number of hydrogen-bond acceptors (Lipinski definition) is 4. The van der Waals surface area contributed by atoms with Crippen LogP contribution in [-0.2, 0) is 47.2 Å². The summed E-state index contributed by atoms with van der Waals surface area (Å²) in [5, 5.41) is 15.0. The summed E-state index contributed by atoms with van der Waals surface area (Å²) in [7, 11) is 0. The third-order valence-corrected chi connectivity index (χ3v) is 12.8. The Morgan fingerprint density at radius 3 is 1.63 bits per heavy atom. The van der Waals surface area contributed by atoms with Gasteiger partial charge < -0.3 is 19.0 Å². The smallest absolute Gasteiger partial charge is 0.146 e. The molecule has 0 aliphatic heterocycles. The van der Waals surface area contributed by atoms with E-state index in [0.717, 1.165) is 71.9 Å². The van der Waals surface area contributed by atoms with E-state index in [4.69, 9.17) is 4.42 Å². The summed E-state index contributed by atoms with van der Waals surface area (Å²) in [4.78, 5) is 9.27. The van der Waals surface area contributed by atoms with E-state index in [2.05, 4.69) is 209 Å². The van der Waals surface area contributed by atoms with Crippen LogP contribution in [0, 0.1) is 23.5 Å². The van der Waals surface area contributed by atoms with Crippen molar-refractivity contribution in [2.24, 2.45) is 0 Å². The molecule has 0 bridgehead atoms. The van der Waals surface area contributed by atoms with Gasteiger partial charge in [-0.3, -0.25) is 0 Å². The second-order valence-electron chi connectivity index (χ2n) is 23.0. The van der Waals surface area contributed by atoms with Crippen LogP contribution in [0.25, 0.3) is 71.9 Å². The van der Waals surface area contributed by atoms with Gasteiger partial charge in [0, 0.05) is 48.7 Å². The van der Waals surface area contributed by atoms with E-state index >= 15 is 0 Å². The Morgan fingerprint density at radius 2 is 1.12 bits per heavy atom. The first-order valence-electron chi connectivity index (χ1n) is 23.2. The number of fused-ring (bicyclic) bond motifs is 6. The van der Waals surface area contributed by atoms with E-state index in [1.807, 2.05) is 36.5 Å². The molecule has 6 heteroatoms. The van der Waals surface area contributed by atoms with Crippen molar-refractivity contribution >= 4 is 43.7 Å². The predicted octanol–water partition coefficient (Wildman–Crippen LogP) is 16.5. The largest absolute Gasteiger partial charge is 0.498 e. The van der Waals surface area contributed by atoms with E-state index in [1.54, 1.807) is 6.20 Å². The molecule has 5 nitrogen and oxygen atoms in total. The maximum absolute atomic E-state index is 10.7. The van der Waals surface area contributed by atoms with Gasteiger partial charge in [-0.1, -0.05) is 169 Å². The van der Waals surface area contributed by atoms with Crippen molar-refractivity contribution < 1.29 is 24.5 Å². The van der Waals surface area contributed by atoms with Crippen LogP contribution >= 0.6 is 0 Å². The third-order valence-electron chi connectivity index (χ3n) is 12.8. The average Bonchev–Trinajstić information content (AvgIpc) is 3.80. The summed E-state index contributed by atoms with van der Waals surface area (Å²) in [6, 6.07) is 45.5. The van der Waals surface area contributed by atoms with Crippen LogP contribution in [0.1, 0.15) is 137 Å². The van der Waals surface area contributed by atoms with Crippen molar-refractivity contribution in [3.8, 4) is 34.3 Å². The zero-order valence-corrected chi connectivity index (χ0v) is 44.4. The molecule has 0 aliphatic carbocycles. The molecule has 9 rings (SSSR count). The summed E-state index contributed by atoms with van der Waals surface area (Å²) in [5.41, 5.74) is 14.8. The first-order chi connectivity index (χ1) is 30.9. The van der Waals surface area contributed by atoms with Crippen LogP contribution in [0.4, 0.5) is 0 Å². The minimum atomic E-state index is -0.168. The van der Waals surface area contributed by atoms with E-state index in [1.165, 1.54) is 22.3 Å². The van der Waals surface area contributed by atoms with Gasteiger partial charge in [0.1, 0.15) is 17.3 Å². The van der Waals surface area contributed by atoms with Gasteiger partial charge in [-0.15, -0.1) is 53.1 Å². The SMILES string of the molecule is CC(C)(C)c1ccc(-c2[c-]ccc(C(C)(C)C)c2)nc1.CC(C)(C)c1ccc2c3ccc(C(C)(C)C)cc3n(-c3c(C#N)ccc4c3oc3c(-c5ccccn5)[c-]cc(C(C)(C)C)c34)c2c1.[Ir]. The first-order valence-corrected chi connectivity index (χ1v) is 23.2. The van der Waals surface area contributed by atoms with Crippen molar-refractivity contribution in [2.75, 3.05) is 0 Å². The van der Waals surface area contributed by atoms with Crippen LogP contribution in [0.15, 0.2) is 120 Å². The standard InChI is InChI=1S/C42H40N3O.C19H24N.Ir/c1-40(2,3)26-14-17-28-29-18-15-27(41(4,5)6)23-35(29)45(34(28)22-26)37-25(24-43)13-16-31-36-32(42(7,8)9)20-19-30(38(36)46-39(31)37)33-12-10-11-21-44-33;1-18(2,3)15-9-7-8-14(12-15)17-11-10-16(13-20-17)19(4,5)6;/h10-18,20-23H,1-9H3;7,9-13H,1-6H3;/q2*-1;. The maximum atomic E-state index is 10.7. The first kappa shape index (κ1) is 49.1. The molecular weight excluding hydrogens is 997 g/mol. The van der Waals surface area contributed by atoms with Crippen molar-refractivity contribution in [2.45, 2.75) is 131 Å². The summed E-state index contributed by atoms with van der Waals surface area (Å²) in [6.45, 7) is 33.4. The number of benzene rings is 5. The van der Waals surface area contributed by atoms with E-state index in [9.17, 15) is 5.26 Å². The van der Waals surface area contributed by atoms with Crippen molar-refractivity contribution in [1.82, 2.24) is 14.5 Å². The quantitative estimate of drug-likeness (QED) is 0.165. The van der Waals surface area contributed by atoms with Gasteiger partial charge in [-0.05, 0) is 79.4 Å². The molecule has 0 aliphatic rings. The molecule has 0 amide bonds. The molecule has 0 fully saturated rings. The Balaban J connectivity index is 0.000000267. The predicted molar refractivity (Wildman–Crippen MR) is 277 cm³/mol. The fourth-order valence-electron chi connectivity index (χ4n) is 8.75. The number of nitriles is 1. The Hall–Kier alpha value is -5.86. The van der Waals surface area contributed by atoms with Crippen LogP contribution in [-0.4, -0.2) is 14.5 Å².